The summed E-state index contributed by atoms with van der Waals surface area (Å²) in [5.74, 6) is 0.878. The lowest BCUT2D eigenvalue weighted by Gasteiger charge is -2.19. The van der Waals surface area contributed by atoms with Crippen LogP contribution in [0.4, 0.5) is 5.69 Å². The van der Waals surface area contributed by atoms with Crippen molar-refractivity contribution in [3.05, 3.63) is 70.1 Å². The average Bonchev–Trinajstić information content (AvgIpc) is 3.12. The molecule has 27 heavy (non-hydrogen) atoms. The second-order valence-electron chi connectivity index (χ2n) is 7.28. The van der Waals surface area contributed by atoms with Gasteiger partial charge in [-0.2, -0.15) is 0 Å². The summed E-state index contributed by atoms with van der Waals surface area (Å²) >= 11 is 1.65. The van der Waals surface area contributed by atoms with Gasteiger partial charge in [0.25, 0.3) is 5.69 Å². The van der Waals surface area contributed by atoms with E-state index in [1.165, 1.54) is 17.7 Å². The molecule has 0 saturated heterocycles. The third-order valence-electron chi connectivity index (χ3n) is 4.15. The van der Waals surface area contributed by atoms with Gasteiger partial charge in [0.2, 0.25) is 11.8 Å². The van der Waals surface area contributed by atoms with Crippen LogP contribution in [0.3, 0.4) is 0 Å². The molecule has 7 heteroatoms. The predicted octanol–water partition coefficient (Wildman–Crippen LogP) is 5.80. The maximum atomic E-state index is 10.7. The fourth-order valence-corrected chi connectivity index (χ4v) is 3.43. The Bertz CT molecular complexity index is 928. The maximum Gasteiger partial charge on any atom is 0.269 e. The van der Waals surface area contributed by atoms with Crippen LogP contribution in [0.15, 0.2) is 57.8 Å². The fraction of sp³-hybridized carbons (Fsp3) is 0.300. The van der Waals surface area contributed by atoms with Crippen molar-refractivity contribution >= 4 is 17.4 Å². The van der Waals surface area contributed by atoms with Crippen LogP contribution in [-0.4, -0.2) is 15.1 Å². The summed E-state index contributed by atoms with van der Waals surface area (Å²) in [5.41, 5.74) is 2.10. The molecule has 0 radical (unpaired) electrons. The molecule has 6 nitrogen and oxygen atoms in total. The van der Waals surface area contributed by atoms with Crippen molar-refractivity contribution in [2.75, 3.05) is 0 Å². The average molecular weight is 383 g/mol. The zero-order valence-electron chi connectivity index (χ0n) is 15.7. The van der Waals surface area contributed by atoms with Crippen LogP contribution < -0.4 is 0 Å². The zero-order chi connectivity index (χ0) is 19.6. The second-order valence-corrected chi connectivity index (χ2v) is 8.70. The predicted molar refractivity (Wildman–Crippen MR) is 106 cm³/mol. The van der Waals surface area contributed by atoms with Crippen LogP contribution >= 0.6 is 11.8 Å². The molecule has 0 unspecified atom stereocenters. The van der Waals surface area contributed by atoms with Gasteiger partial charge >= 0.3 is 0 Å². The molecule has 2 aromatic carbocycles. The molecule has 0 saturated carbocycles. The van der Waals surface area contributed by atoms with Gasteiger partial charge in [-0.25, -0.2) is 0 Å². The smallest absolute Gasteiger partial charge is 0.269 e. The first-order valence-electron chi connectivity index (χ1n) is 8.59. The monoisotopic (exact) mass is 383 g/mol. The number of hydrogen-bond donors (Lipinski definition) is 0. The van der Waals surface area contributed by atoms with Gasteiger partial charge in [0.1, 0.15) is 0 Å². The summed E-state index contributed by atoms with van der Waals surface area (Å²) in [6, 6.07) is 14.6. The Kier molecular flexibility index (Phi) is 5.32. The van der Waals surface area contributed by atoms with Crippen molar-refractivity contribution in [1.29, 1.82) is 0 Å². The number of non-ortho nitro benzene ring substituents is 1. The molecule has 0 N–H and O–H groups in total. The number of benzene rings is 2. The van der Waals surface area contributed by atoms with E-state index in [0.29, 0.717) is 17.3 Å². The molecule has 0 amide bonds. The van der Waals surface area contributed by atoms with Gasteiger partial charge in [0.15, 0.2) is 0 Å². The van der Waals surface area contributed by atoms with Gasteiger partial charge < -0.3 is 4.42 Å². The quantitative estimate of drug-likeness (QED) is 0.315. The molecule has 140 valence electrons. The Balaban J connectivity index is 1.71. The van der Waals surface area contributed by atoms with Crippen LogP contribution in [0.1, 0.15) is 44.4 Å². The van der Waals surface area contributed by atoms with E-state index in [-0.39, 0.29) is 16.4 Å². The fourth-order valence-electron chi connectivity index (χ4n) is 2.53. The normalized spacial score (nSPS) is 12.7. The SMILES string of the molecule is C[C@@H](Sc1ccc(C(C)(C)C)cc1)c1nnc(-c2ccc([N+](=O)[O-])cc2)o1. The van der Waals surface area contributed by atoms with Crippen LogP contribution in [0, 0.1) is 10.1 Å². The summed E-state index contributed by atoms with van der Waals surface area (Å²) in [4.78, 5) is 11.4. The highest BCUT2D eigenvalue weighted by Crippen LogP contribution is 2.36. The number of nitro benzene ring substituents is 1. The van der Waals surface area contributed by atoms with E-state index in [9.17, 15) is 10.1 Å². The first-order chi connectivity index (χ1) is 12.7. The van der Waals surface area contributed by atoms with Gasteiger partial charge in [-0.1, -0.05) is 32.9 Å². The molecule has 0 fully saturated rings. The summed E-state index contributed by atoms with van der Waals surface area (Å²) in [6.07, 6.45) is 0. The third-order valence-corrected chi connectivity index (χ3v) is 5.25. The summed E-state index contributed by atoms with van der Waals surface area (Å²) < 4.78 is 5.77. The van der Waals surface area contributed by atoms with Crippen molar-refractivity contribution in [2.45, 2.75) is 43.3 Å². The van der Waals surface area contributed by atoms with E-state index >= 15 is 0 Å². The first-order valence-corrected chi connectivity index (χ1v) is 9.47. The molecule has 1 atom stereocenters. The van der Waals surface area contributed by atoms with E-state index in [2.05, 4.69) is 55.2 Å². The van der Waals surface area contributed by atoms with Crippen LogP contribution in [-0.2, 0) is 5.41 Å². The van der Waals surface area contributed by atoms with E-state index in [1.807, 2.05) is 6.92 Å². The Morgan fingerprint density at radius 1 is 1.04 bits per heavy atom. The van der Waals surface area contributed by atoms with E-state index in [1.54, 1.807) is 23.9 Å². The third kappa shape index (κ3) is 4.54. The van der Waals surface area contributed by atoms with E-state index in [0.717, 1.165) is 4.90 Å². The highest BCUT2D eigenvalue weighted by molar-refractivity contribution is 7.99. The summed E-state index contributed by atoms with van der Waals surface area (Å²) in [7, 11) is 0. The van der Waals surface area contributed by atoms with Crippen LogP contribution in [0.2, 0.25) is 0 Å². The summed E-state index contributed by atoms with van der Waals surface area (Å²) in [5, 5.41) is 18.9. The first kappa shape index (κ1) is 19.1. The Labute approximate surface area is 162 Å². The highest BCUT2D eigenvalue weighted by Gasteiger charge is 2.18. The number of thioether (sulfide) groups is 1. The van der Waals surface area contributed by atoms with Crippen molar-refractivity contribution in [2.24, 2.45) is 0 Å². The summed E-state index contributed by atoms with van der Waals surface area (Å²) in [6.45, 7) is 8.58. The van der Waals surface area contributed by atoms with Crippen LogP contribution in [0.5, 0.6) is 0 Å². The van der Waals surface area contributed by atoms with Crippen molar-refractivity contribution in [3.63, 3.8) is 0 Å². The molecular formula is C20H21N3O3S. The second kappa shape index (κ2) is 7.52. The molecule has 0 aliphatic carbocycles. The van der Waals surface area contributed by atoms with Gasteiger partial charge in [-0.3, -0.25) is 10.1 Å². The number of nitro groups is 1. The molecule has 0 aliphatic rings. The molecule has 3 aromatic rings. The lowest BCUT2D eigenvalue weighted by atomic mass is 9.87. The standard InChI is InChI=1S/C20H21N3O3S/c1-13(27-17-11-7-15(8-12-17)20(2,3)4)18-21-22-19(26-18)14-5-9-16(10-6-14)23(24)25/h5-13H,1-4H3/t13-/m1/s1. The van der Waals surface area contributed by atoms with E-state index < -0.39 is 4.92 Å². The number of aromatic nitrogens is 2. The van der Waals surface area contributed by atoms with Crippen LogP contribution in [0.25, 0.3) is 11.5 Å². The van der Waals surface area contributed by atoms with Gasteiger partial charge in [-0.15, -0.1) is 22.0 Å². The molecule has 3 rings (SSSR count). The molecule has 0 aliphatic heterocycles. The molecule has 1 heterocycles. The highest BCUT2D eigenvalue weighted by atomic mass is 32.2. The van der Waals surface area contributed by atoms with Crippen molar-refractivity contribution < 1.29 is 9.34 Å². The molecule has 0 bridgehead atoms. The lowest BCUT2D eigenvalue weighted by Crippen LogP contribution is -2.10. The van der Waals surface area contributed by atoms with Crippen molar-refractivity contribution in [3.8, 4) is 11.5 Å². The Morgan fingerprint density at radius 3 is 2.22 bits per heavy atom. The molecule has 1 aromatic heterocycles. The van der Waals surface area contributed by atoms with Gasteiger partial charge in [0, 0.05) is 22.6 Å². The minimum absolute atomic E-state index is 0.00946. The number of hydrogen-bond acceptors (Lipinski definition) is 6. The largest absolute Gasteiger partial charge is 0.419 e. The molecule has 0 spiro atoms. The van der Waals surface area contributed by atoms with Gasteiger partial charge in [-0.05, 0) is 42.2 Å². The minimum atomic E-state index is -0.438. The zero-order valence-corrected chi connectivity index (χ0v) is 16.5. The minimum Gasteiger partial charge on any atom is -0.419 e. The maximum absolute atomic E-state index is 10.7. The molecular weight excluding hydrogens is 362 g/mol. The Morgan fingerprint density at radius 2 is 1.67 bits per heavy atom. The van der Waals surface area contributed by atoms with Crippen molar-refractivity contribution in [1.82, 2.24) is 10.2 Å². The Hall–Kier alpha value is -2.67. The number of nitrogens with zero attached hydrogens (tertiary/aromatic N) is 3. The topological polar surface area (TPSA) is 82.1 Å². The van der Waals surface area contributed by atoms with E-state index in [4.69, 9.17) is 4.42 Å². The lowest BCUT2D eigenvalue weighted by molar-refractivity contribution is -0.384. The van der Waals surface area contributed by atoms with Gasteiger partial charge in [0.05, 0.1) is 10.2 Å². The number of rotatable bonds is 5.